The minimum atomic E-state index is -0.858. The quantitative estimate of drug-likeness (QED) is 0.243. The number of nitrogens with zero attached hydrogens (tertiary/aromatic N) is 2. The van der Waals surface area contributed by atoms with Crippen molar-refractivity contribution < 1.29 is 28.9 Å². The third-order valence-corrected chi connectivity index (χ3v) is 8.16. The lowest BCUT2D eigenvalue weighted by atomic mass is 9.88. The van der Waals surface area contributed by atoms with Crippen molar-refractivity contribution in [2.24, 2.45) is 0 Å². The van der Waals surface area contributed by atoms with Crippen molar-refractivity contribution >= 4 is 5.97 Å². The van der Waals surface area contributed by atoms with Crippen LogP contribution in [-0.2, 0) is 17.8 Å². The molecule has 2 aliphatic rings. The number of aromatic nitrogens is 2. The molecular formula is C34H35FN2O5. The number of fused-ring (bicyclic) bond motifs is 2. The van der Waals surface area contributed by atoms with Crippen molar-refractivity contribution in [3.63, 3.8) is 0 Å². The molecule has 8 heteroatoms. The van der Waals surface area contributed by atoms with Gasteiger partial charge in [0, 0.05) is 34.9 Å². The highest BCUT2D eigenvalue weighted by Crippen LogP contribution is 2.45. The zero-order valence-corrected chi connectivity index (χ0v) is 24.3. The van der Waals surface area contributed by atoms with Gasteiger partial charge in [0.1, 0.15) is 23.4 Å². The monoisotopic (exact) mass is 570 g/mol. The summed E-state index contributed by atoms with van der Waals surface area (Å²) < 4.78 is 29.2. The SMILES string of the molecule is Cc1cc(-c2cnn(CC(C)(C)O)c2)cc(C)c1-c1ccc(F)c2c1CC[C@H]2Oc1ccc2c(c1)OC[C@H]2CC(=O)O. The van der Waals surface area contributed by atoms with Crippen molar-refractivity contribution in [2.45, 2.75) is 71.1 Å². The Morgan fingerprint density at radius 3 is 2.62 bits per heavy atom. The van der Waals surface area contributed by atoms with E-state index in [4.69, 9.17) is 9.47 Å². The number of hydrogen-bond donors (Lipinski definition) is 2. The minimum Gasteiger partial charge on any atom is -0.492 e. The summed E-state index contributed by atoms with van der Waals surface area (Å²) in [4.78, 5) is 11.2. The van der Waals surface area contributed by atoms with Gasteiger partial charge >= 0.3 is 5.97 Å². The summed E-state index contributed by atoms with van der Waals surface area (Å²) in [5.74, 6) is -0.108. The second kappa shape index (κ2) is 10.6. The minimum absolute atomic E-state index is 0.0166. The fourth-order valence-corrected chi connectivity index (χ4v) is 6.45. The zero-order valence-electron chi connectivity index (χ0n) is 24.3. The van der Waals surface area contributed by atoms with E-state index >= 15 is 4.39 Å². The first-order valence-corrected chi connectivity index (χ1v) is 14.3. The molecule has 42 heavy (non-hydrogen) atoms. The average Bonchev–Trinajstić information content (AvgIpc) is 3.63. The van der Waals surface area contributed by atoms with E-state index in [1.807, 2.05) is 30.6 Å². The van der Waals surface area contributed by atoms with E-state index < -0.39 is 17.7 Å². The number of halogens is 1. The van der Waals surface area contributed by atoms with Gasteiger partial charge in [0.25, 0.3) is 0 Å². The molecule has 0 spiro atoms. The fourth-order valence-electron chi connectivity index (χ4n) is 6.45. The number of ether oxygens (including phenoxy) is 2. The Kier molecular flexibility index (Phi) is 7.05. The molecule has 7 nitrogen and oxygen atoms in total. The summed E-state index contributed by atoms with van der Waals surface area (Å²) in [5, 5.41) is 23.7. The fraction of sp³-hybridized carbons (Fsp3) is 0.353. The molecular weight excluding hydrogens is 535 g/mol. The first kappa shape index (κ1) is 28.0. The van der Waals surface area contributed by atoms with Crippen LogP contribution in [0.5, 0.6) is 11.5 Å². The van der Waals surface area contributed by atoms with E-state index in [1.54, 1.807) is 24.6 Å². The number of carbonyl (C=O) groups is 1. The summed E-state index contributed by atoms with van der Waals surface area (Å²) in [6.07, 6.45) is 4.69. The van der Waals surface area contributed by atoms with Gasteiger partial charge in [-0.15, -0.1) is 0 Å². The maximum absolute atomic E-state index is 15.4. The van der Waals surface area contributed by atoms with Crippen LogP contribution in [0.2, 0.25) is 0 Å². The molecule has 6 rings (SSSR count). The lowest BCUT2D eigenvalue weighted by Crippen LogP contribution is -2.26. The van der Waals surface area contributed by atoms with Crippen LogP contribution >= 0.6 is 0 Å². The molecule has 1 aliphatic heterocycles. The number of rotatable bonds is 8. The first-order chi connectivity index (χ1) is 20.0. The highest BCUT2D eigenvalue weighted by molar-refractivity contribution is 5.79. The maximum Gasteiger partial charge on any atom is 0.304 e. The van der Waals surface area contributed by atoms with Crippen molar-refractivity contribution in [2.75, 3.05) is 6.61 Å². The average molecular weight is 571 g/mol. The third-order valence-electron chi connectivity index (χ3n) is 8.16. The maximum atomic E-state index is 15.4. The summed E-state index contributed by atoms with van der Waals surface area (Å²) in [7, 11) is 0. The molecule has 2 heterocycles. The Labute approximate surface area is 244 Å². The van der Waals surface area contributed by atoms with Crippen molar-refractivity contribution in [3.05, 3.63) is 88.5 Å². The van der Waals surface area contributed by atoms with Crippen LogP contribution in [0.3, 0.4) is 0 Å². The number of carboxylic acids is 1. The lowest BCUT2D eigenvalue weighted by molar-refractivity contribution is -0.137. The molecule has 1 aliphatic carbocycles. The Bertz CT molecular complexity index is 1660. The Hall–Kier alpha value is -4.17. The standard InChI is InChI=1S/C34H35FN2O5/c1-19-11-21(23-15-36-37(16-23)18-34(3,4)40)12-20(2)32(19)26-7-9-28(35)33-27(26)8-10-29(33)42-24-5-6-25-22(13-31(38)39)17-41-30(25)14-24/h5-7,9,11-12,14-16,22,29,40H,8,10,13,17-18H2,1-4H3,(H,38,39)/t22-,29-/m1/s1. The van der Waals surface area contributed by atoms with Gasteiger partial charge in [0.05, 0.1) is 31.4 Å². The van der Waals surface area contributed by atoms with Crippen LogP contribution in [0.4, 0.5) is 4.39 Å². The number of hydrogen-bond acceptors (Lipinski definition) is 5. The van der Waals surface area contributed by atoms with Gasteiger partial charge in [-0.2, -0.15) is 5.10 Å². The summed E-state index contributed by atoms with van der Waals surface area (Å²) in [5.41, 5.74) is 7.87. The largest absolute Gasteiger partial charge is 0.492 e. The van der Waals surface area contributed by atoms with Crippen LogP contribution in [-0.4, -0.2) is 38.2 Å². The highest BCUT2D eigenvalue weighted by Gasteiger charge is 2.32. The molecule has 2 atom stereocenters. The van der Waals surface area contributed by atoms with Gasteiger partial charge in [-0.3, -0.25) is 9.48 Å². The third kappa shape index (κ3) is 5.39. The van der Waals surface area contributed by atoms with E-state index in [9.17, 15) is 15.0 Å². The second-order valence-corrected chi connectivity index (χ2v) is 12.2. The van der Waals surface area contributed by atoms with Crippen molar-refractivity contribution in [1.82, 2.24) is 9.78 Å². The first-order valence-electron chi connectivity index (χ1n) is 14.3. The predicted octanol–water partition coefficient (Wildman–Crippen LogP) is 6.76. The van der Waals surface area contributed by atoms with Gasteiger partial charge in [-0.25, -0.2) is 4.39 Å². The molecule has 4 aromatic rings. The molecule has 218 valence electrons. The van der Waals surface area contributed by atoms with Crippen molar-refractivity contribution in [3.8, 4) is 33.8 Å². The Balaban J connectivity index is 1.28. The molecule has 0 saturated carbocycles. The summed E-state index contributed by atoms with van der Waals surface area (Å²) >= 11 is 0. The van der Waals surface area contributed by atoms with E-state index in [0.717, 1.165) is 44.5 Å². The van der Waals surface area contributed by atoms with Gasteiger partial charge < -0.3 is 19.7 Å². The van der Waals surface area contributed by atoms with Crippen LogP contribution in [0.15, 0.2) is 54.9 Å². The molecule has 0 fully saturated rings. The number of benzene rings is 3. The van der Waals surface area contributed by atoms with E-state index in [2.05, 4.69) is 31.1 Å². The molecule has 1 aromatic heterocycles. The normalized spacial score (nSPS) is 17.6. The molecule has 2 N–H and O–H groups in total. The molecule has 0 radical (unpaired) electrons. The summed E-state index contributed by atoms with van der Waals surface area (Å²) in [6.45, 7) is 8.40. The number of aliphatic hydroxyl groups is 1. The van der Waals surface area contributed by atoms with E-state index in [0.29, 0.717) is 43.1 Å². The van der Waals surface area contributed by atoms with Gasteiger partial charge in [0.15, 0.2) is 0 Å². The van der Waals surface area contributed by atoms with Crippen molar-refractivity contribution in [1.29, 1.82) is 0 Å². The summed E-state index contributed by atoms with van der Waals surface area (Å²) in [6, 6.07) is 13.1. The number of aliphatic carboxylic acids is 1. The molecule has 3 aromatic carbocycles. The van der Waals surface area contributed by atoms with Gasteiger partial charge in [-0.1, -0.05) is 24.3 Å². The van der Waals surface area contributed by atoms with Crippen LogP contribution in [0.25, 0.3) is 22.3 Å². The Morgan fingerprint density at radius 2 is 1.90 bits per heavy atom. The van der Waals surface area contributed by atoms with E-state index in [-0.39, 0.29) is 18.2 Å². The highest BCUT2D eigenvalue weighted by atomic mass is 19.1. The van der Waals surface area contributed by atoms with Gasteiger partial charge in [-0.05, 0) is 86.1 Å². The van der Waals surface area contributed by atoms with Gasteiger partial charge in [0.2, 0.25) is 0 Å². The molecule has 0 saturated heterocycles. The molecule has 0 amide bonds. The van der Waals surface area contributed by atoms with Crippen LogP contribution in [0.1, 0.15) is 66.5 Å². The molecule has 0 unspecified atom stereocenters. The Morgan fingerprint density at radius 1 is 1.14 bits per heavy atom. The topological polar surface area (TPSA) is 93.8 Å². The zero-order chi connectivity index (χ0) is 29.8. The predicted molar refractivity (Wildman–Crippen MR) is 157 cm³/mol. The second-order valence-electron chi connectivity index (χ2n) is 12.2. The van der Waals surface area contributed by atoms with Crippen LogP contribution in [0, 0.1) is 19.7 Å². The lowest BCUT2D eigenvalue weighted by Gasteiger charge is -2.19. The smallest absolute Gasteiger partial charge is 0.304 e. The number of carboxylic acid groups (broad SMARTS) is 1. The van der Waals surface area contributed by atoms with Crippen LogP contribution < -0.4 is 9.47 Å². The van der Waals surface area contributed by atoms with E-state index in [1.165, 1.54) is 6.07 Å². The molecule has 0 bridgehead atoms. The number of aryl methyl sites for hydroxylation is 2.